The Morgan fingerprint density at radius 2 is 1.87 bits per heavy atom. The van der Waals surface area contributed by atoms with Crippen LogP contribution in [0, 0.1) is 6.92 Å². The number of amides is 1. The molecule has 4 heterocycles. The minimum atomic E-state index is -2.85. The van der Waals surface area contributed by atoms with Gasteiger partial charge in [0.2, 0.25) is 11.8 Å². The SMILES string of the molecule is COc1nc(-c2cccc(-c3cccc(Nc4nc(C(F)F)nc5cc(Br)cnc45)c3C)c2Cl)ccc1CN1CC[C@@H](NC(C)=O)C1. The molecule has 13 heteroatoms. The summed E-state index contributed by atoms with van der Waals surface area (Å²) in [6, 6.07) is 17.1. The van der Waals surface area contributed by atoms with Gasteiger partial charge in [-0.2, -0.15) is 0 Å². The van der Waals surface area contributed by atoms with Gasteiger partial charge in [0.05, 0.1) is 23.3 Å². The van der Waals surface area contributed by atoms with E-state index in [0.717, 1.165) is 47.3 Å². The maximum atomic E-state index is 13.7. The van der Waals surface area contributed by atoms with Crippen LogP contribution in [0.4, 0.5) is 20.3 Å². The molecule has 1 atom stereocenters. The standard InChI is InChI=1S/C34H31BrClF2N7O2/c1-18-23(6-5-9-26(18)41-32-30-28(14-21(35)15-39-30)42-33(44-32)31(37)38)24-7-4-8-25(29(24)36)27-11-10-20(34(43-27)47-3)16-45-13-12-22(17-45)40-19(2)46/h4-11,14-15,22,31H,12-13,16-17H2,1-3H3,(H,40,46)(H,41,42,44)/t22-/m1/s1. The van der Waals surface area contributed by atoms with Crippen molar-refractivity contribution in [2.75, 3.05) is 25.5 Å². The van der Waals surface area contributed by atoms with Gasteiger partial charge in [0.25, 0.3) is 6.43 Å². The monoisotopic (exact) mass is 721 g/mol. The summed E-state index contributed by atoms with van der Waals surface area (Å²) in [7, 11) is 1.60. The van der Waals surface area contributed by atoms with E-state index >= 15 is 0 Å². The fourth-order valence-electron chi connectivity index (χ4n) is 5.86. The lowest BCUT2D eigenvalue weighted by molar-refractivity contribution is -0.119. The predicted octanol–water partition coefficient (Wildman–Crippen LogP) is 7.88. The highest BCUT2D eigenvalue weighted by atomic mass is 79.9. The van der Waals surface area contributed by atoms with Crippen molar-refractivity contribution in [3.63, 3.8) is 0 Å². The van der Waals surface area contributed by atoms with Crippen LogP contribution in [0.2, 0.25) is 5.02 Å². The number of hydrogen-bond acceptors (Lipinski definition) is 8. The minimum absolute atomic E-state index is 0.0219. The van der Waals surface area contributed by atoms with Crippen LogP contribution in [0.15, 0.2) is 65.3 Å². The number of nitrogens with zero attached hydrogens (tertiary/aromatic N) is 5. The highest BCUT2D eigenvalue weighted by Gasteiger charge is 2.25. The highest BCUT2D eigenvalue weighted by Crippen LogP contribution is 2.40. The first-order chi connectivity index (χ1) is 22.6. The van der Waals surface area contributed by atoms with E-state index < -0.39 is 12.2 Å². The molecule has 47 heavy (non-hydrogen) atoms. The van der Waals surface area contributed by atoms with Gasteiger partial charge in [-0.3, -0.25) is 9.69 Å². The Kier molecular flexibility index (Phi) is 9.62. The molecule has 0 aliphatic carbocycles. The van der Waals surface area contributed by atoms with Crippen LogP contribution in [0.5, 0.6) is 5.88 Å². The quantitative estimate of drug-likeness (QED) is 0.158. The van der Waals surface area contributed by atoms with Crippen LogP contribution in [-0.2, 0) is 11.3 Å². The van der Waals surface area contributed by atoms with Gasteiger partial charge in [-0.15, -0.1) is 0 Å². The van der Waals surface area contributed by atoms with Crippen LogP contribution in [0.3, 0.4) is 0 Å². The van der Waals surface area contributed by atoms with E-state index in [1.165, 1.54) is 6.92 Å². The summed E-state index contributed by atoms with van der Waals surface area (Å²) in [5.74, 6) is 0.0727. The maximum Gasteiger partial charge on any atom is 0.297 e. The molecule has 9 nitrogen and oxygen atoms in total. The Hall–Kier alpha value is -4.26. The van der Waals surface area contributed by atoms with Crippen LogP contribution in [0.1, 0.15) is 36.7 Å². The zero-order valence-corrected chi connectivity index (χ0v) is 28.2. The number of aromatic nitrogens is 4. The van der Waals surface area contributed by atoms with Crippen molar-refractivity contribution in [1.82, 2.24) is 30.2 Å². The number of fused-ring (bicyclic) bond motifs is 1. The molecule has 0 bridgehead atoms. The molecule has 0 unspecified atom stereocenters. The van der Waals surface area contributed by atoms with Gasteiger partial charge >= 0.3 is 0 Å². The summed E-state index contributed by atoms with van der Waals surface area (Å²) in [4.78, 5) is 31.0. The van der Waals surface area contributed by atoms with Gasteiger partial charge in [-0.25, -0.2) is 28.7 Å². The van der Waals surface area contributed by atoms with E-state index in [2.05, 4.69) is 46.4 Å². The number of carbonyl (C=O) groups is 1. The van der Waals surface area contributed by atoms with Crippen molar-refractivity contribution in [3.8, 4) is 28.3 Å². The second kappa shape index (κ2) is 13.8. The first kappa shape index (κ1) is 32.7. The van der Waals surface area contributed by atoms with Gasteiger partial charge < -0.3 is 15.4 Å². The number of alkyl halides is 2. The number of rotatable bonds is 9. The third kappa shape index (κ3) is 7.04. The number of anilines is 2. The lowest BCUT2D eigenvalue weighted by Gasteiger charge is -2.19. The zero-order valence-electron chi connectivity index (χ0n) is 25.8. The Morgan fingerprint density at radius 3 is 2.64 bits per heavy atom. The second-order valence-electron chi connectivity index (χ2n) is 11.3. The lowest BCUT2D eigenvalue weighted by Crippen LogP contribution is -2.35. The number of pyridine rings is 2. The average Bonchev–Trinajstić information content (AvgIpc) is 3.48. The van der Waals surface area contributed by atoms with Crippen molar-refractivity contribution in [1.29, 1.82) is 0 Å². The number of carbonyl (C=O) groups excluding carboxylic acids is 1. The molecule has 242 valence electrons. The lowest BCUT2D eigenvalue weighted by atomic mass is 9.96. The molecule has 0 spiro atoms. The normalized spacial score (nSPS) is 14.9. The molecule has 1 saturated heterocycles. The van der Waals surface area contributed by atoms with E-state index in [1.54, 1.807) is 19.4 Å². The van der Waals surface area contributed by atoms with E-state index in [0.29, 0.717) is 44.3 Å². The van der Waals surface area contributed by atoms with E-state index in [4.69, 9.17) is 21.3 Å². The summed E-state index contributed by atoms with van der Waals surface area (Å²) in [6.07, 6.45) is -0.386. The Labute approximate surface area is 283 Å². The average molecular weight is 723 g/mol. The molecule has 0 radical (unpaired) electrons. The smallest absolute Gasteiger partial charge is 0.297 e. The Morgan fingerprint density at radius 1 is 1.11 bits per heavy atom. The van der Waals surface area contributed by atoms with Gasteiger partial charge in [0, 0.05) is 65.6 Å². The van der Waals surface area contributed by atoms with E-state index in [-0.39, 0.29) is 17.8 Å². The topological polar surface area (TPSA) is 105 Å². The Balaban J connectivity index is 1.30. The third-order valence-corrected chi connectivity index (χ3v) is 8.91. The van der Waals surface area contributed by atoms with Crippen molar-refractivity contribution in [2.45, 2.75) is 39.3 Å². The number of ether oxygens (including phenoxy) is 1. The van der Waals surface area contributed by atoms with Crippen LogP contribution in [-0.4, -0.2) is 57.0 Å². The number of halogens is 4. The number of hydrogen-bond donors (Lipinski definition) is 2. The van der Waals surface area contributed by atoms with Gasteiger partial charge in [-0.05, 0) is 58.6 Å². The summed E-state index contributed by atoms with van der Waals surface area (Å²) in [5.41, 5.74) is 6.09. The van der Waals surface area contributed by atoms with Gasteiger partial charge in [-0.1, -0.05) is 48.0 Å². The molecule has 6 rings (SSSR count). The number of likely N-dealkylation sites (tertiary alicyclic amines) is 1. The molecular formula is C34H31BrClF2N7O2. The van der Waals surface area contributed by atoms with Crippen molar-refractivity contribution in [3.05, 3.63) is 87.2 Å². The molecule has 1 aliphatic heterocycles. The van der Waals surface area contributed by atoms with Gasteiger partial charge in [0.15, 0.2) is 11.6 Å². The third-order valence-electron chi connectivity index (χ3n) is 8.07. The molecule has 2 aromatic carbocycles. The molecular weight excluding hydrogens is 692 g/mol. The Bertz CT molecular complexity index is 1980. The molecule has 0 saturated carbocycles. The molecule has 3 aromatic heterocycles. The van der Waals surface area contributed by atoms with Crippen LogP contribution >= 0.6 is 27.5 Å². The first-order valence-electron chi connectivity index (χ1n) is 14.9. The van der Waals surface area contributed by atoms with E-state index in [1.807, 2.05) is 55.5 Å². The molecule has 1 aliphatic rings. The largest absolute Gasteiger partial charge is 0.481 e. The zero-order chi connectivity index (χ0) is 33.2. The number of nitrogens with one attached hydrogen (secondary N) is 2. The summed E-state index contributed by atoms with van der Waals surface area (Å²) in [5, 5.41) is 6.71. The predicted molar refractivity (Wildman–Crippen MR) is 182 cm³/mol. The number of benzene rings is 2. The fourth-order valence-corrected chi connectivity index (χ4v) is 6.51. The van der Waals surface area contributed by atoms with Crippen molar-refractivity contribution < 1.29 is 18.3 Å². The van der Waals surface area contributed by atoms with Crippen LogP contribution in [0.25, 0.3) is 33.4 Å². The maximum absolute atomic E-state index is 13.7. The van der Waals surface area contributed by atoms with Gasteiger partial charge in [0.1, 0.15) is 5.52 Å². The molecule has 5 aromatic rings. The van der Waals surface area contributed by atoms with Crippen molar-refractivity contribution >= 4 is 56.0 Å². The number of methoxy groups -OCH3 is 1. The first-order valence-corrected chi connectivity index (χ1v) is 16.1. The minimum Gasteiger partial charge on any atom is -0.481 e. The summed E-state index contributed by atoms with van der Waals surface area (Å²) in [6.45, 7) is 5.74. The highest BCUT2D eigenvalue weighted by molar-refractivity contribution is 9.10. The van der Waals surface area contributed by atoms with Crippen molar-refractivity contribution in [2.24, 2.45) is 0 Å². The van der Waals surface area contributed by atoms with Crippen LogP contribution < -0.4 is 15.4 Å². The van der Waals surface area contributed by atoms with E-state index in [9.17, 15) is 13.6 Å². The summed E-state index contributed by atoms with van der Waals surface area (Å²) >= 11 is 10.4. The molecule has 1 amide bonds. The molecule has 1 fully saturated rings. The molecule has 2 N–H and O–H groups in total. The summed E-state index contributed by atoms with van der Waals surface area (Å²) < 4.78 is 33.7. The fraction of sp³-hybridized carbons (Fsp3) is 0.265. The second-order valence-corrected chi connectivity index (χ2v) is 12.6.